The van der Waals surface area contributed by atoms with Crippen LogP contribution in [0.3, 0.4) is 0 Å². The van der Waals surface area contributed by atoms with Crippen molar-refractivity contribution in [3.05, 3.63) is 35.5 Å². The minimum atomic E-state index is 0.0491. The summed E-state index contributed by atoms with van der Waals surface area (Å²) in [5.41, 5.74) is 3.25. The van der Waals surface area contributed by atoms with Crippen LogP contribution in [0.25, 0.3) is 11.0 Å². The molecule has 9 heteroatoms. The Morgan fingerprint density at radius 3 is 2.58 bits per heavy atom. The van der Waals surface area contributed by atoms with Gasteiger partial charge in [-0.3, -0.25) is 4.79 Å². The summed E-state index contributed by atoms with van der Waals surface area (Å²) in [6, 6.07) is 8.06. The molecule has 31 heavy (non-hydrogen) atoms. The second-order valence-electron chi connectivity index (χ2n) is 8.42. The third-order valence-electron chi connectivity index (χ3n) is 6.17. The number of hydrogen-bond acceptors (Lipinski definition) is 8. The minimum Gasteiger partial charge on any atom is -0.353 e. The lowest BCUT2D eigenvalue weighted by Crippen LogP contribution is -2.49. The highest BCUT2D eigenvalue weighted by atomic mass is 32.1. The number of nitrogens with one attached hydrogen (secondary N) is 1. The van der Waals surface area contributed by atoms with Gasteiger partial charge in [0.15, 0.2) is 0 Å². The molecule has 3 aromatic rings. The van der Waals surface area contributed by atoms with E-state index in [4.69, 9.17) is 4.98 Å². The highest BCUT2D eigenvalue weighted by molar-refractivity contribution is 7.00. The number of fused-ring (bicyclic) bond motifs is 1. The van der Waals surface area contributed by atoms with Crippen molar-refractivity contribution < 1.29 is 4.79 Å². The molecule has 8 nitrogen and oxygen atoms in total. The standard InChI is InChI=1S/C22H27N7OS/c1-15-13-20(25-22(23-15)24-17-5-3-2-4-6-17)28-9-11-29(12-10-28)21(30)16-7-8-18-19(14-16)27-31-26-18/h7-8,13-14,17H,2-6,9-12H2,1H3,(H,23,24,25). The normalized spacial score (nSPS) is 17.8. The third-order valence-corrected chi connectivity index (χ3v) is 6.73. The average Bonchev–Trinajstić information content (AvgIpc) is 3.27. The molecule has 1 aliphatic heterocycles. The van der Waals surface area contributed by atoms with Gasteiger partial charge in [-0.1, -0.05) is 19.3 Å². The third kappa shape index (κ3) is 4.46. The smallest absolute Gasteiger partial charge is 0.254 e. The molecule has 5 rings (SSSR count). The maximum Gasteiger partial charge on any atom is 0.254 e. The fourth-order valence-electron chi connectivity index (χ4n) is 4.44. The molecule has 3 heterocycles. The topological polar surface area (TPSA) is 87.1 Å². The van der Waals surface area contributed by atoms with E-state index in [2.05, 4.69) is 23.9 Å². The van der Waals surface area contributed by atoms with Crippen molar-refractivity contribution in [2.45, 2.75) is 45.1 Å². The Kier molecular flexibility index (Phi) is 5.67. The first-order valence-corrected chi connectivity index (χ1v) is 11.8. The van der Waals surface area contributed by atoms with Gasteiger partial charge in [0, 0.05) is 49.5 Å². The van der Waals surface area contributed by atoms with Gasteiger partial charge in [0.1, 0.15) is 16.9 Å². The largest absolute Gasteiger partial charge is 0.353 e. The molecule has 1 amide bonds. The zero-order valence-corrected chi connectivity index (χ0v) is 18.6. The first kappa shape index (κ1) is 20.1. The predicted molar refractivity (Wildman–Crippen MR) is 123 cm³/mol. The van der Waals surface area contributed by atoms with E-state index in [-0.39, 0.29) is 5.91 Å². The number of carbonyl (C=O) groups excluding carboxylic acids is 1. The van der Waals surface area contributed by atoms with E-state index in [9.17, 15) is 4.79 Å². The molecule has 0 bridgehead atoms. The van der Waals surface area contributed by atoms with Crippen molar-refractivity contribution in [1.82, 2.24) is 23.6 Å². The van der Waals surface area contributed by atoms with Crippen LogP contribution in [-0.4, -0.2) is 61.7 Å². The molecule has 2 fully saturated rings. The van der Waals surface area contributed by atoms with Gasteiger partial charge in [-0.25, -0.2) is 4.98 Å². The van der Waals surface area contributed by atoms with Crippen molar-refractivity contribution in [2.75, 3.05) is 36.4 Å². The molecule has 0 radical (unpaired) electrons. The molecular weight excluding hydrogens is 410 g/mol. The zero-order valence-electron chi connectivity index (χ0n) is 17.8. The number of piperazine rings is 1. The van der Waals surface area contributed by atoms with Gasteiger partial charge in [0.25, 0.3) is 5.91 Å². The van der Waals surface area contributed by atoms with E-state index in [1.807, 2.05) is 36.1 Å². The van der Waals surface area contributed by atoms with Gasteiger partial charge in [0.05, 0.1) is 11.7 Å². The van der Waals surface area contributed by atoms with Crippen molar-refractivity contribution in [3.8, 4) is 0 Å². The van der Waals surface area contributed by atoms with Crippen LogP contribution in [0.5, 0.6) is 0 Å². The number of anilines is 2. The quantitative estimate of drug-likeness (QED) is 0.668. The van der Waals surface area contributed by atoms with Crippen molar-refractivity contribution in [2.24, 2.45) is 0 Å². The maximum absolute atomic E-state index is 13.0. The fraction of sp³-hybridized carbons (Fsp3) is 0.500. The first-order valence-electron chi connectivity index (χ1n) is 11.0. The lowest BCUT2D eigenvalue weighted by Gasteiger charge is -2.35. The molecule has 1 aromatic carbocycles. The number of nitrogens with zero attached hydrogens (tertiary/aromatic N) is 6. The summed E-state index contributed by atoms with van der Waals surface area (Å²) in [7, 11) is 0. The summed E-state index contributed by atoms with van der Waals surface area (Å²) in [5, 5.41) is 3.54. The van der Waals surface area contributed by atoms with Gasteiger partial charge >= 0.3 is 0 Å². The molecule has 1 saturated carbocycles. The second kappa shape index (κ2) is 8.74. The Hall–Kier alpha value is -2.81. The molecule has 2 aliphatic rings. The van der Waals surface area contributed by atoms with E-state index in [1.165, 1.54) is 43.8 Å². The number of amides is 1. The van der Waals surface area contributed by atoms with Crippen LogP contribution in [0, 0.1) is 6.92 Å². The van der Waals surface area contributed by atoms with Crippen LogP contribution < -0.4 is 10.2 Å². The van der Waals surface area contributed by atoms with Gasteiger partial charge in [-0.15, -0.1) is 0 Å². The monoisotopic (exact) mass is 437 g/mol. The number of rotatable bonds is 4. The minimum absolute atomic E-state index is 0.0491. The molecule has 162 valence electrons. The van der Waals surface area contributed by atoms with Gasteiger partial charge < -0.3 is 15.1 Å². The Morgan fingerprint density at radius 2 is 1.77 bits per heavy atom. The van der Waals surface area contributed by atoms with E-state index in [0.29, 0.717) is 24.7 Å². The predicted octanol–water partition coefficient (Wildman–Crippen LogP) is 3.50. The van der Waals surface area contributed by atoms with Crippen LogP contribution in [0.4, 0.5) is 11.8 Å². The summed E-state index contributed by atoms with van der Waals surface area (Å²) < 4.78 is 8.46. The molecule has 0 spiro atoms. The molecule has 0 unspecified atom stereocenters. The number of hydrogen-bond donors (Lipinski definition) is 1. The highest BCUT2D eigenvalue weighted by Gasteiger charge is 2.24. The lowest BCUT2D eigenvalue weighted by molar-refractivity contribution is 0.0746. The lowest BCUT2D eigenvalue weighted by atomic mass is 9.96. The molecule has 2 aromatic heterocycles. The number of carbonyl (C=O) groups is 1. The van der Waals surface area contributed by atoms with Crippen LogP contribution in [0.1, 0.15) is 48.2 Å². The van der Waals surface area contributed by atoms with Crippen LogP contribution >= 0.6 is 11.7 Å². The fourth-order valence-corrected chi connectivity index (χ4v) is 4.96. The maximum atomic E-state index is 13.0. The number of aromatic nitrogens is 4. The van der Waals surface area contributed by atoms with E-state index < -0.39 is 0 Å². The number of aryl methyl sites for hydroxylation is 1. The van der Waals surface area contributed by atoms with E-state index >= 15 is 0 Å². The van der Waals surface area contributed by atoms with Crippen LogP contribution in [0.15, 0.2) is 24.3 Å². The molecular formula is C22H27N7OS. The van der Waals surface area contributed by atoms with Gasteiger partial charge in [-0.05, 0) is 38.0 Å². The summed E-state index contributed by atoms with van der Waals surface area (Å²) >= 11 is 1.17. The van der Waals surface area contributed by atoms with Crippen molar-refractivity contribution >= 4 is 40.4 Å². The summed E-state index contributed by atoms with van der Waals surface area (Å²) in [6.45, 7) is 4.86. The van der Waals surface area contributed by atoms with Gasteiger partial charge in [-0.2, -0.15) is 13.7 Å². The second-order valence-corrected chi connectivity index (χ2v) is 8.95. The van der Waals surface area contributed by atoms with Gasteiger partial charge in [0.2, 0.25) is 5.95 Å². The summed E-state index contributed by atoms with van der Waals surface area (Å²) in [6.07, 6.45) is 6.26. The molecule has 0 atom stereocenters. The summed E-state index contributed by atoms with van der Waals surface area (Å²) in [4.78, 5) is 26.5. The van der Waals surface area contributed by atoms with E-state index in [0.717, 1.165) is 41.6 Å². The highest BCUT2D eigenvalue weighted by Crippen LogP contribution is 2.23. The molecule has 1 aliphatic carbocycles. The first-order chi connectivity index (χ1) is 15.2. The van der Waals surface area contributed by atoms with E-state index in [1.54, 1.807) is 0 Å². The zero-order chi connectivity index (χ0) is 21.2. The Morgan fingerprint density at radius 1 is 1.00 bits per heavy atom. The van der Waals surface area contributed by atoms with Crippen molar-refractivity contribution in [3.63, 3.8) is 0 Å². The van der Waals surface area contributed by atoms with Crippen molar-refractivity contribution in [1.29, 1.82) is 0 Å². The van der Waals surface area contributed by atoms with Crippen LogP contribution in [0.2, 0.25) is 0 Å². The Balaban J connectivity index is 1.24. The molecule has 1 saturated heterocycles. The Labute approximate surface area is 186 Å². The number of benzene rings is 1. The average molecular weight is 438 g/mol. The summed E-state index contributed by atoms with van der Waals surface area (Å²) in [5.74, 6) is 1.71. The molecule has 1 N–H and O–H groups in total. The Bertz CT molecular complexity index is 1070. The SMILES string of the molecule is Cc1cc(N2CCN(C(=O)c3ccc4nsnc4c3)CC2)nc(NC2CCCCC2)n1. The van der Waals surface area contributed by atoms with Crippen LogP contribution in [-0.2, 0) is 0 Å².